The van der Waals surface area contributed by atoms with E-state index in [1.54, 1.807) is 5.57 Å². The van der Waals surface area contributed by atoms with Crippen LogP contribution in [0.3, 0.4) is 0 Å². The molecular weight excluding hydrogens is 694 g/mol. The Kier molecular flexibility index (Phi) is 5.42. The van der Waals surface area contributed by atoms with Crippen LogP contribution < -0.4 is 9.05 Å². The monoisotopic (exact) mass is 730 g/mol. The molecule has 0 amide bonds. The molecule has 4 aromatic carbocycles. The fraction of sp³-hybridized carbons (Fsp3) is 0.381. The SMILES string of the molecule is O=P(O)(O)Oc1c2c(c(OP(=O)(O)O)c3c1C1CC3c3cc4c(cc31)C1CC4c3ccccc31)C1CC2c2cc3c(cc21)C1CC3C2=CCCCC21. The molecular formula is C42H36O8P2. The van der Waals surface area contributed by atoms with Gasteiger partial charge in [0.25, 0.3) is 0 Å². The number of hydrogen-bond donors (Lipinski definition) is 4. The summed E-state index contributed by atoms with van der Waals surface area (Å²) in [6.45, 7) is 0. The molecule has 0 aliphatic heterocycles. The minimum atomic E-state index is -5.02. The number of benzene rings is 4. The summed E-state index contributed by atoms with van der Waals surface area (Å²) >= 11 is 0. The zero-order valence-corrected chi connectivity index (χ0v) is 29.9. The average Bonchev–Trinajstić information content (AvgIpc) is 3.98. The van der Waals surface area contributed by atoms with E-state index in [9.17, 15) is 28.7 Å². The van der Waals surface area contributed by atoms with Gasteiger partial charge in [-0.25, -0.2) is 9.13 Å². The zero-order chi connectivity index (χ0) is 34.7. The van der Waals surface area contributed by atoms with Gasteiger partial charge in [0.1, 0.15) is 11.5 Å². The molecule has 8 bridgehead atoms. The van der Waals surface area contributed by atoms with Gasteiger partial charge >= 0.3 is 15.6 Å². The van der Waals surface area contributed by atoms with Crippen LogP contribution >= 0.6 is 15.6 Å². The van der Waals surface area contributed by atoms with Crippen molar-refractivity contribution in [3.8, 4) is 11.5 Å². The normalized spacial score (nSPS) is 32.2. The maximum absolute atomic E-state index is 12.9. The van der Waals surface area contributed by atoms with Crippen molar-refractivity contribution in [2.45, 2.75) is 92.3 Å². The van der Waals surface area contributed by atoms with Crippen molar-refractivity contribution in [1.29, 1.82) is 0 Å². The molecule has 13 rings (SSSR count). The molecule has 8 nitrogen and oxygen atoms in total. The zero-order valence-electron chi connectivity index (χ0n) is 28.2. The van der Waals surface area contributed by atoms with E-state index in [4.69, 9.17) is 9.05 Å². The molecule has 4 aromatic rings. The van der Waals surface area contributed by atoms with Crippen LogP contribution in [0.15, 0.2) is 60.2 Å². The van der Waals surface area contributed by atoms with Crippen LogP contribution in [0, 0.1) is 5.92 Å². The van der Waals surface area contributed by atoms with Crippen molar-refractivity contribution in [2.24, 2.45) is 5.92 Å². The van der Waals surface area contributed by atoms with Gasteiger partial charge in [-0.1, -0.05) is 60.2 Å². The number of fused-ring (bicyclic) bond motifs is 32. The molecule has 9 atom stereocenters. The number of phosphoric ester groups is 2. The Hall–Kier alpha value is -3.48. The first kappa shape index (κ1) is 29.9. The third-order valence-corrected chi connectivity index (χ3v) is 15.9. The summed E-state index contributed by atoms with van der Waals surface area (Å²) in [6.07, 6.45) is 9.57. The molecule has 0 saturated heterocycles. The second-order valence-electron chi connectivity index (χ2n) is 17.0. The predicted octanol–water partition coefficient (Wildman–Crippen LogP) is 8.88. The first-order valence-corrected chi connectivity index (χ1v) is 22.0. The van der Waals surface area contributed by atoms with E-state index < -0.39 is 15.6 Å². The molecule has 10 heteroatoms. The van der Waals surface area contributed by atoms with Gasteiger partial charge in [-0.05, 0) is 112 Å². The minimum absolute atomic E-state index is 0.206. The third-order valence-electron chi connectivity index (χ3n) is 15.0. The van der Waals surface area contributed by atoms with Gasteiger partial charge in [-0.15, -0.1) is 0 Å². The summed E-state index contributed by atoms with van der Waals surface area (Å²) in [5, 5.41) is 0. The van der Waals surface area contributed by atoms with E-state index in [-0.39, 0.29) is 35.2 Å². The van der Waals surface area contributed by atoms with Crippen molar-refractivity contribution in [2.75, 3.05) is 0 Å². The molecule has 9 aliphatic carbocycles. The summed E-state index contributed by atoms with van der Waals surface area (Å²) in [7, 11) is -10.0. The van der Waals surface area contributed by atoms with E-state index in [0.717, 1.165) is 36.0 Å². The second-order valence-corrected chi connectivity index (χ2v) is 19.3. The Bertz CT molecular complexity index is 2540. The summed E-state index contributed by atoms with van der Waals surface area (Å²) < 4.78 is 37.4. The first-order valence-electron chi connectivity index (χ1n) is 18.9. The number of rotatable bonds is 4. The van der Waals surface area contributed by atoms with Gasteiger partial charge in [0.05, 0.1) is 0 Å². The molecule has 0 heterocycles. The van der Waals surface area contributed by atoms with Crippen LogP contribution in [0.2, 0.25) is 0 Å². The molecule has 262 valence electrons. The number of phosphoric acid groups is 2. The highest BCUT2D eigenvalue weighted by atomic mass is 31.2. The topological polar surface area (TPSA) is 134 Å². The summed E-state index contributed by atoms with van der Waals surface area (Å²) in [5.74, 6) is 1.72. The third kappa shape index (κ3) is 3.56. The fourth-order valence-electron chi connectivity index (χ4n) is 13.6. The van der Waals surface area contributed by atoms with Crippen LogP contribution in [0.1, 0.15) is 170 Å². The molecule has 1 fully saturated rings. The number of hydrogen-bond acceptors (Lipinski definition) is 4. The van der Waals surface area contributed by atoms with Crippen LogP contribution in [-0.4, -0.2) is 19.6 Å². The second kappa shape index (κ2) is 9.41. The minimum Gasteiger partial charge on any atom is -0.404 e. The Balaban J connectivity index is 1.02. The lowest BCUT2D eigenvalue weighted by molar-refractivity contribution is 0.275. The Labute approximate surface area is 300 Å². The van der Waals surface area contributed by atoms with Crippen molar-refractivity contribution in [3.63, 3.8) is 0 Å². The van der Waals surface area contributed by atoms with Crippen LogP contribution in [-0.2, 0) is 9.13 Å². The maximum atomic E-state index is 12.9. The standard InChI is InChI=1S/C42H36O8P2/c43-51(44,45)49-41-37-33-15-34(30-12-26-22-9-21(25(26)11-29(30)33)17-5-1-2-6-18(17)22)38(37)42(50-52(46,47)48)40-36-16-35(39(40)41)31-13-27-23-10-24(28(27)14-32(31)36)20-8-4-3-7-19(20)23/h1-2,5-7,11-14,20-24,33-36H,3-4,8-10,15-16H2,(H2,43,44,45)(H2,46,47,48). The molecule has 9 aliphatic rings. The molecule has 52 heavy (non-hydrogen) atoms. The Morgan fingerprint density at radius 3 is 1.40 bits per heavy atom. The Morgan fingerprint density at radius 1 is 0.500 bits per heavy atom. The van der Waals surface area contributed by atoms with E-state index in [1.807, 2.05) is 0 Å². The maximum Gasteiger partial charge on any atom is 0.524 e. The van der Waals surface area contributed by atoms with Crippen LogP contribution in [0.25, 0.3) is 0 Å². The highest BCUT2D eigenvalue weighted by Crippen LogP contribution is 2.73. The fourth-order valence-corrected chi connectivity index (χ4v) is 14.5. The largest absolute Gasteiger partial charge is 0.524 e. The predicted molar refractivity (Wildman–Crippen MR) is 192 cm³/mol. The van der Waals surface area contributed by atoms with Crippen molar-refractivity contribution >= 4 is 15.6 Å². The van der Waals surface area contributed by atoms with Gasteiger partial charge < -0.3 is 9.05 Å². The lowest BCUT2D eigenvalue weighted by Gasteiger charge is -2.34. The summed E-state index contributed by atoms with van der Waals surface area (Å²) in [6, 6.07) is 18.1. The lowest BCUT2D eigenvalue weighted by Crippen LogP contribution is -2.19. The van der Waals surface area contributed by atoms with Gasteiger partial charge in [-0.3, -0.25) is 19.6 Å². The quantitative estimate of drug-likeness (QED) is 0.121. The van der Waals surface area contributed by atoms with E-state index in [0.29, 0.717) is 64.7 Å². The molecule has 0 aromatic heterocycles. The van der Waals surface area contributed by atoms with E-state index in [2.05, 4.69) is 54.6 Å². The molecule has 1 saturated carbocycles. The molecule has 0 radical (unpaired) electrons. The highest BCUT2D eigenvalue weighted by molar-refractivity contribution is 7.47. The summed E-state index contributed by atoms with van der Waals surface area (Å²) in [5.41, 5.74) is 17.0. The average molecular weight is 731 g/mol. The van der Waals surface area contributed by atoms with E-state index in [1.165, 1.54) is 51.8 Å². The van der Waals surface area contributed by atoms with Gasteiger partial charge in [0, 0.05) is 63.7 Å². The van der Waals surface area contributed by atoms with Crippen LogP contribution in [0.5, 0.6) is 11.5 Å². The van der Waals surface area contributed by atoms with Crippen LogP contribution in [0.4, 0.5) is 0 Å². The van der Waals surface area contributed by atoms with Crippen molar-refractivity contribution < 1.29 is 37.8 Å². The molecule has 0 spiro atoms. The van der Waals surface area contributed by atoms with Crippen molar-refractivity contribution in [3.05, 3.63) is 138 Å². The summed E-state index contributed by atoms with van der Waals surface area (Å²) in [4.78, 5) is 41.8. The lowest BCUT2D eigenvalue weighted by atomic mass is 9.72. The highest BCUT2D eigenvalue weighted by Gasteiger charge is 2.57. The molecule has 9 unspecified atom stereocenters. The first-order chi connectivity index (χ1) is 25.0. The van der Waals surface area contributed by atoms with Crippen molar-refractivity contribution in [1.82, 2.24) is 0 Å². The van der Waals surface area contributed by atoms with Gasteiger partial charge in [-0.2, -0.15) is 0 Å². The molecule has 4 N–H and O–H groups in total. The van der Waals surface area contributed by atoms with Gasteiger partial charge in [0.2, 0.25) is 0 Å². The Morgan fingerprint density at radius 2 is 0.923 bits per heavy atom. The smallest absolute Gasteiger partial charge is 0.404 e. The van der Waals surface area contributed by atoms with E-state index >= 15 is 0 Å². The number of allylic oxidation sites excluding steroid dienone is 2. The van der Waals surface area contributed by atoms with Gasteiger partial charge in [0.15, 0.2) is 0 Å².